The van der Waals surface area contributed by atoms with Crippen LogP contribution in [0, 0.1) is 6.92 Å². The van der Waals surface area contributed by atoms with Gasteiger partial charge in [0, 0.05) is 29.6 Å². The van der Waals surface area contributed by atoms with Crippen molar-refractivity contribution < 1.29 is 4.79 Å². The molecule has 1 saturated heterocycles. The van der Waals surface area contributed by atoms with Crippen molar-refractivity contribution in [3.8, 4) is 0 Å². The van der Waals surface area contributed by atoms with E-state index >= 15 is 0 Å². The number of alkyl halides is 1. The van der Waals surface area contributed by atoms with Gasteiger partial charge in [-0.15, -0.1) is 0 Å². The number of amides is 1. The van der Waals surface area contributed by atoms with Gasteiger partial charge in [0.2, 0.25) is 5.91 Å². The third-order valence-electron chi connectivity index (χ3n) is 2.05. The first-order valence-electron chi connectivity index (χ1n) is 4.13. The molecule has 1 aromatic rings. The Hall–Kier alpha value is -0.840. The van der Waals surface area contributed by atoms with Crippen molar-refractivity contribution in [2.75, 3.05) is 11.4 Å². The van der Waals surface area contributed by atoms with Crippen molar-refractivity contribution in [1.29, 1.82) is 0 Å². The molecule has 0 radical (unpaired) electrons. The summed E-state index contributed by atoms with van der Waals surface area (Å²) in [6.07, 6.45) is 0.561. The number of anilines is 1. The molecule has 4 nitrogen and oxygen atoms in total. The quantitative estimate of drug-likeness (QED) is 0.755. The molecule has 0 aromatic carbocycles. The molecule has 2 rings (SSSR count). The van der Waals surface area contributed by atoms with Crippen LogP contribution in [0.4, 0.5) is 5.82 Å². The number of carbonyl (C=O) groups excluding carboxylic acids is 1. The van der Waals surface area contributed by atoms with Gasteiger partial charge in [0.05, 0.1) is 0 Å². The first kappa shape index (κ1) is 8.74. The Bertz CT molecular complexity index is 336. The molecule has 70 valence electrons. The number of H-pyrrole nitrogens is 1. The molecule has 2 heterocycles. The zero-order chi connectivity index (χ0) is 9.42. The van der Waals surface area contributed by atoms with E-state index in [1.807, 2.05) is 13.0 Å². The predicted molar refractivity (Wildman–Crippen MR) is 53.0 cm³/mol. The smallest absolute Gasteiger partial charge is 0.229 e. The molecule has 0 saturated carbocycles. The maximum atomic E-state index is 11.4. The summed E-state index contributed by atoms with van der Waals surface area (Å²) in [6, 6.07) is 1.88. The fourth-order valence-electron chi connectivity index (χ4n) is 1.43. The summed E-state index contributed by atoms with van der Waals surface area (Å²) in [5, 5.41) is 6.86. The van der Waals surface area contributed by atoms with Crippen LogP contribution >= 0.6 is 15.9 Å². The molecule has 1 aliphatic rings. The van der Waals surface area contributed by atoms with E-state index in [0.717, 1.165) is 11.5 Å². The molecular formula is C8H10BrN3O. The van der Waals surface area contributed by atoms with Gasteiger partial charge in [-0.25, -0.2) is 0 Å². The van der Waals surface area contributed by atoms with Gasteiger partial charge in [-0.1, -0.05) is 15.9 Å². The third-order valence-corrected chi connectivity index (χ3v) is 2.66. The number of aromatic nitrogens is 2. The molecule has 0 spiro atoms. The Morgan fingerprint density at radius 3 is 3.00 bits per heavy atom. The lowest BCUT2D eigenvalue weighted by Crippen LogP contribution is -2.24. The van der Waals surface area contributed by atoms with Crippen molar-refractivity contribution >= 4 is 27.7 Å². The molecule has 1 fully saturated rings. The van der Waals surface area contributed by atoms with Crippen LogP contribution in [0.25, 0.3) is 0 Å². The number of halogens is 1. The number of aryl methyl sites for hydroxylation is 1. The van der Waals surface area contributed by atoms with E-state index in [2.05, 4.69) is 26.1 Å². The Labute approximate surface area is 84.4 Å². The minimum absolute atomic E-state index is 0.133. The Morgan fingerprint density at radius 2 is 2.54 bits per heavy atom. The lowest BCUT2D eigenvalue weighted by molar-refractivity contribution is -0.117. The van der Waals surface area contributed by atoms with E-state index in [4.69, 9.17) is 0 Å². The fourth-order valence-corrected chi connectivity index (χ4v) is 1.99. The summed E-state index contributed by atoms with van der Waals surface area (Å²) in [4.78, 5) is 13.4. The number of hydrogen-bond donors (Lipinski definition) is 1. The molecule has 13 heavy (non-hydrogen) atoms. The number of hydrogen-bond acceptors (Lipinski definition) is 2. The fraction of sp³-hybridized carbons (Fsp3) is 0.500. The van der Waals surface area contributed by atoms with Gasteiger partial charge in [-0.2, -0.15) is 5.10 Å². The predicted octanol–water partition coefficient (Wildman–Crippen LogP) is 1.22. The van der Waals surface area contributed by atoms with Crippen molar-refractivity contribution in [3.05, 3.63) is 11.8 Å². The zero-order valence-corrected chi connectivity index (χ0v) is 8.84. The first-order chi connectivity index (χ1) is 6.16. The van der Waals surface area contributed by atoms with Crippen LogP contribution < -0.4 is 4.90 Å². The summed E-state index contributed by atoms with van der Waals surface area (Å²) < 4.78 is 0. The highest BCUT2D eigenvalue weighted by Crippen LogP contribution is 2.23. The number of carbonyl (C=O) groups is 1. The van der Waals surface area contributed by atoms with Gasteiger partial charge in [0.1, 0.15) is 0 Å². The number of aromatic amines is 1. The van der Waals surface area contributed by atoms with Gasteiger partial charge in [-0.3, -0.25) is 14.8 Å². The van der Waals surface area contributed by atoms with E-state index in [-0.39, 0.29) is 10.7 Å². The maximum Gasteiger partial charge on any atom is 0.229 e. The third kappa shape index (κ3) is 1.60. The van der Waals surface area contributed by atoms with E-state index in [9.17, 15) is 4.79 Å². The van der Waals surface area contributed by atoms with Gasteiger partial charge in [0.15, 0.2) is 5.82 Å². The Morgan fingerprint density at radius 1 is 1.77 bits per heavy atom. The van der Waals surface area contributed by atoms with Crippen LogP contribution in [0.2, 0.25) is 0 Å². The van der Waals surface area contributed by atoms with Crippen LogP contribution in [0.15, 0.2) is 6.07 Å². The van der Waals surface area contributed by atoms with E-state index in [0.29, 0.717) is 13.0 Å². The summed E-state index contributed by atoms with van der Waals surface area (Å²) in [5.74, 6) is 0.859. The lowest BCUT2D eigenvalue weighted by atomic mass is 10.4. The molecule has 1 aliphatic heterocycles. The first-order valence-corrected chi connectivity index (χ1v) is 5.05. The maximum absolute atomic E-state index is 11.4. The average Bonchev–Trinajstić information content (AvgIpc) is 2.58. The van der Waals surface area contributed by atoms with E-state index in [1.54, 1.807) is 4.90 Å². The topological polar surface area (TPSA) is 49.0 Å². The molecule has 1 N–H and O–H groups in total. The highest BCUT2D eigenvalue weighted by molar-refractivity contribution is 9.09. The molecular weight excluding hydrogens is 234 g/mol. The van der Waals surface area contributed by atoms with Crippen LogP contribution in [0.1, 0.15) is 12.1 Å². The lowest BCUT2D eigenvalue weighted by Gasteiger charge is -2.10. The zero-order valence-electron chi connectivity index (χ0n) is 7.25. The van der Waals surface area contributed by atoms with Crippen LogP contribution in [-0.4, -0.2) is 27.5 Å². The minimum atomic E-state index is 0.133. The highest BCUT2D eigenvalue weighted by atomic mass is 79.9. The van der Waals surface area contributed by atoms with Crippen molar-refractivity contribution in [2.45, 2.75) is 18.2 Å². The molecule has 1 aromatic heterocycles. The second kappa shape index (κ2) is 3.14. The molecule has 0 bridgehead atoms. The SMILES string of the molecule is Cc1cc(N2CC(Br)CC2=O)n[nH]1. The molecule has 0 aliphatic carbocycles. The van der Waals surface area contributed by atoms with Crippen molar-refractivity contribution in [1.82, 2.24) is 10.2 Å². The number of rotatable bonds is 1. The summed E-state index contributed by atoms with van der Waals surface area (Å²) in [7, 11) is 0. The second-order valence-corrected chi connectivity index (χ2v) is 4.51. The Kier molecular flexibility index (Phi) is 2.11. The van der Waals surface area contributed by atoms with Gasteiger partial charge < -0.3 is 0 Å². The van der Waals surface area contributed by atoms with E-state index in [1.165, 1.54) is 0 Å². The molecule has 1 atom stereocenters. The summed E-state index contributed by atoms with van der Waals surface area (Å²) in [5.41, 5.74) is 0.973. The monoisotopic (exact) mass is 243 g/mol. The van der Waals surface area contributed by atoms with Crippen molar-refractivity contribution in [2.24, 2.45) is 0 Å². The Balaban J connectivity index is 2.22. The van der Waals surface area contributed by atoms with Gasteiger partial charge in [-0.05, 0) is 6.92 Å². The van der Waals surface area contributed by atoms with E-state index < -0.39 is 0 Å². The average molecular weight is 244 g/mol. The molecule has 1 unspecified atom stereocenters. The minimum Gasteiger partial charge on any atom is -0.294 e. The largest absolute Gasteiger partial charge is 0.294 e. The van der Waals surface area contributed by atoms with Crippen LogP contribution in [0.3, 0.4) is 0 Å². The van der Waals surface area contributed by atoms with Crippen molar-refractivity contribution in [3.63, 3.8) is 0 Å². The standard InChI is InChI=1S/C8H10BrN3O/c1-5-2-7(11-10-5)12-4-6(9)3-8(12)13/h2,6H,3-4H2,1H3,(H,10,11). The van der Waals surface area contributed by atoms with Gasteiger partial charge >= 0.3 is 0 Å². The van der Waals surface area contributed by atoms with Crippen LogP contribution in [0.5, 0.6) is 0 Å². The second-order valence-electron chi connectivity index (χ2n) is 3.21. The summed E-state index contributed by atoms with van der Waals surface area (Å²) >= 11 is 3.42. The number of nitrogens with zero attached hydrogens (tertiary/aromatic N) is 2. The van der Waals surface area contributed by atoms with Gasteiger partial charge in [0.25, 0.3) is 0 Å². The van der Waals surface area contributed by atoms with Crippen LogP contribution in [-0.2, 0) is 4.79 Å². The number of nitrogens with one attached hydrogen (secondary N) is 1. The normalized spacial score (nSPS) is 22.8. The molecule has 5 heteroatoms. The summed E-state index contributed by atoms with van der Waals surface area (Å²) in [6.45, 7) is 2.63. The highest BCUT2D eigenvalue weighted by Gasteiger charge is 2.29. The molecule has 1 amide bonds.